The summed E-state index contributed by atoms with van der Waals surface area (Å²) in [6.07, 6.45) is 4.19. The number of benzene rings is 1. The number of anilines is 1. The van der Waals surface area contributed by atoms with E-state index in [0.29, 0.717) is 0 Å². The monoisotopic (exact) mass is 346 g/mol. The van der Waals surface area contributed by atoms with E-state index in [9.17, 15) is 4.79 Å². The van der Waals surface area contributed by atoms with Crippen molar-refractivity contribution in [2.24, 2.45) is 5.92 Å². The zero-order valence-corrected chi connectivity index (χ0v) is 16.5. The van der Waals surface area contributed by atoms with E-state index in [1.807, 2.05) is 25.7 Å². The topological polar surface area (TPSA) is 41.6 Å². The summed E-state index contributed by atoms with van der Waals surface area (Å²) in [5.41, 5.74) is 3.02. The second-order valence-electron chi connectivity index (χ2n) is 8.37. The third-order valence-electron chi connectivity index (χ3n) is 4.37. The average molecular weight is 347 g/mol. The molecule has 1 N–H and O–H groups in total. The van der Waals surface area contributed by atoms with Crippen molar-refractivity contribution in [3.8, 4) is 0 Å². The van der Waals surface area contributed by atoms with Gasteiger partial charge in [0.1, 0.15) is 5.60 Å². The zero-order chi connectivity index (χ0) is 18.4. The van der Waals surface area contributed by atoms with Crippen LogP contribution in [-0.4, -0.2) is 24.8 Å². The van der Waals surface area contributed by atoms with E-state index < -0.39 is 5.60 Å². The van der Waals surface area contributed by atoms with Crippen LogP contribution in [0.1, 0.15) is 65.0 Å². The van der Waals surface area contributed by atoms with Crippen LogP contribution in [-0.2, 0) is 17.7 Å². The number of nitrogens with zero attached hydrogens (tertiary/aromatic N) is 1. The summed E-state index contributed by atoms with van der Waals surface area (Å²) < 4.78 is 5.63. The van der Waals surface area contributed by atoms with Gasteiger partial charge >= 0.3 is 6.09 Å². The molecule has 0 aliphatic carbocycles. The highest BCUT2D eigenvalue weighted by Gasteiger charge is 2.28. The standard InChI is InChI=1S/C21H34N2O2/c1-16(2)9-7-13-22-15-18-11-6-10-17-12-8-14-23(19(17)18)20(24)25-21(3,4)5/h6,10-11,16,22H,7-9,12-15H2,1-5H3. The molecule has 1 aromatic rings. The van der Waals surface area contributed by atoms with Crippen molar-refractivity contribution in [2.45, 2.75) is 72.4 Å². The second-order valence-corrected chi connectivity index (χ2v) is 8.37. The van der Waals surface area contributed by atoms with Gasteiger partial charge < -0.3 is 10.1 Å². The molecule has 4 heteroatoms. The summed E-state index contributed by atoms with van der Waals surface area (Å²) in [7, 11) is 0. The Kier molecular flexibility index (Phi) is 6.88. The number of hydrogen-bond donors (Lipinski definition) is 1. The summed E-state index contributed by atoms with van der Waals surface area (Å²) in [5, 5.41) is 3.54. The van der Waals surface area contributed by atoms with Gasteiger partial charge in [-0.1, -0.05) is 32.0 Å². The van der Waals surface area contributed by atoms with Crippen molar-refractivity contribution in [3.63, 3.8) is 0 Å². The number of ether oxygens (including phenoxy) is 1. The molecular weight excluding hydrogens is 312 g/mol. The number of carbonyl (C=O) groups is 1. The van der Waals surface area contributed by atoms with Crippen LogP contribution in [0.15, 0.2) is 18.2 Å². The van der Waals surface area contributed by atoms with Gasteiger partial charge in [0.15, 0.2) is 0 Å². The third-order valence-corrected chi connectivity index (χ3v) is 4.37. The van der Waals surface area contributed by atoms with Crippen molar-refractivity contribution >= 4 is 11.8 Å². The number of rotatable bonds is 6. The first kappa shape index (κ1) is 19.8. The predicted molar refractivity (Wildman–Crippen MR) is 104 cm³/mol. The number of para-hydroxylation sites is 1. The maximum absolute atomic E-state index is 12.7. The van der Waals surface area contributed by atoms with Gasteiger partial charge in [0.05, 0.1) is 5.69 Å². The second kappa shape index (κ2) is 8.70. The van der Waals surface area contributed by atoms with Gasteiger partial charge in [-0.15, -0.1) is 0 Å². The molecule has 0 spiro atoms. The zero-order valence-electron chi connectivity index (χ0n) is 16.5. The normalized spacial score (nSPS) is 14.6. The minimum atomic E-state index is -0.473. The number of hydrogen-bond acceptors (Lipinski definition) is 3. The molecule has 1 amide bonds. The molecule has 0 aromatic heterocycles. The molecular formula is C21H34N2O2. The first-order chi connectivity index (χ1) is 11.8. The number of amides is 1. The fraction of sp³-hybridized carbons (Fsp3) is 0.667. The summed E-state index contributed by atoms with van der Waals surface area (Å²) in [6, 6.07) is 6.35. The van der Waals surface area contributed by atoms with Crippen molar-refractivity contribution in [1.29, 1.82) is 0 Å². The molecule has 0 atom stereocenters. The molecule has 0 fully saturated rings. The third kappa shape index (κ3) is 6.03. The van der Waals surface area contributed by atoms with Gasteiger partial charge in [-0.3, -0.25) is 4.90 Å². The maximum Gasteiger partial charge on any atom is 0.414 e. The van der Waals surface area contributed by atoms with Crippen LogP contribution in [0.25, 0.3) is 0 Å². The lowest BCUT2D eigenvalue weighted by Crippen LogP contribution is -2.40. The first-order valence-corrected chi connectivity index (χ1v) is 9.60. The Morgan fingerprint density at radius 2 is 2.08 bits per heavy atom. The Morgan fingerprint density at radius 3 is 2.76 bits per heavy atom. The number of aryl methyl sites for hydroxylation is 1. The van der Waals surface area contributed by atoms with Crippen LogP contribution in [0.5, 0.6) is 0 Å². The van der Waals surface area contributed by atoms with Crippen LogP contribution in [0.4, 0.5) is 10.5 Å². The van der Waals surface area contributed by atoms with E-state index in [4.69, 9.17) is 4.74 Å². The molecule has 4 nitrogen and oxygen atoms in total. The van der Waals surface area contributed by atoms with Gasteiger partial charge in [0, 0.05) is 13.1 Å². The molecule has 140 valence electrons. The minimum Gasteiger partial charge on any atom is -0.443 e. The molecule has 0 radical (unpaired) electrons. The Bertz CT molecular complexity index is 576. The molecule has 1 heterocycles. The summed E-state index contributed by atoms with van der Waals surface area (Å²) in [5.74, 6) is 0.744. The van der Waals surface area contributed by atoms with Gasteiger partial charge in [0.2, 0.25) is 0 Å². The highest BCUT2D eigenvalue weighted by molar-refractivity contribution is 5.90. The van der Waals surface area contributed by atoms with Crippen LogP contribution in [0, 0.1) is 5.92 Å². The molecule has 25 heavy (non-hydrogen) atoms. The molecule has 1 aliphatic rings. The number of fused-ring (bicyclic) bond motifs is 1. The van der Waals surface area contributed by atoms with E-state index in [-0.39, 0.29) is 6.09 Å². The smallest absolute Gasteiger partial charge is 0.414 e. The van der Waals surface area contributed by atoms with Gasteiger partial charge in [-0.05, 0) is 70.0 Å². The van der Waals surface area contributed by atoms with Crippen molar-refractivity contribution in [3.05, 3.63) is 29.3 Å². The van der Waals surface area contributed by atoms with Crippen molar-refractivity contribution in [2.75, 3.05) is 18.0 Å². The molecule has 2 rings (SSSR count). The minimum absolute atomic E-state index is 0.235. The average Bonchev–Trinajstić information content (AvgIpc) is 2.52. The van der Waals surface area contributed by atoms with Crippen LogP contribution >= 0.6 is 0 Å². The molecule has 0 saturated heterocycles. The quantitative estimate of drug-likeness (QED) is 0.745. The van der Waals surface area contributed by atoms with E-state index in [2.05, 4.69) is 37.4 Å². The summed E-state index contributed by atoms with van der Waals surface area (Å²) in [6.45, 7) is 12.8. The first-order valence-electron chi connectivity index (χ1n) is 9.60. The molecule has 0 saturated carbocycles. The van der Waals surface area contributed by atoms with Crippen LogP contribution in [0.2, 0.25) is 0 Å². The number of nitrogens with one attached hydrogen (secondary N) is 1. The maximum atomic E-state index is 12.7. The summed E-state index contributed by atoms with van der Waals surface area (Å²) >= 11 is 0. The fourth-order valence-corrected chi connectivity index (χ4v) is 3.23. The predicted octanol–water partition coefficient (Wildman–Crippen LogP) is 4.90. The lowest BCUT2D eigenvalue weighted by molar-refractivity contribution is 0.0577. The Balaban J connectivity index is 2.08. The molecule has 1 aliphatic heterocycles. The Hall–Kier alpha value is -1.55. The lowest BCUT2D eigenvalue weighted by atomic mass is 9.98. The molecule has 0 unspecified atom stereocenters. The Labute approximate surface area is 152 Å². The fourth-order valence-electron chi connectivity index (χ4n) is 3.23. The lowest BCUT2D eigenvalue weighted by Gasteiger charge is -2.33. The SMILES string of the molecule is CC(C)CCCNCc1cccc2c1N(C(=O)OC(C)(C)C)CCC2. The van der Waals surface area contributed by atoms with Gasteiger partial charge in [0.25, 0.3) is 0 Å². The Morgan fingerprint density at radius 1 is 1.32 bits per heavy atom. The van der Waals surface area contributed by atoms with Crippen molar-refractivity contribution in [1.82, 2.24) is 5.32 Å². The van der Waals surface area contributed by atoms with E-state index >= 15 is 0 Å². The van der Waals surface area contributed by atoms with E-state index in [1.54, 1.807) is 0 Å². The van der Waals surface area contributed by atoms with E-state index in [0.717, 1.165) is 44.1 Å². The largest absolute Gasteiger partial charge is 0.443 e. The van der Waals surface area contributed by atoms with Crippen LogP contribution in [0.3, 0.4) is 0 Å². The van der Waals surface area contributed by atoms with Gasteiger partial charge in [-0.25, -0.2) is 4.79 Å². The highest BCUT2D eigenvalue weighted by Crippen LogP contribution is 2.32. The van der Waals surface area contributed by atoms with E-state index in [1.165, 1.54) is 24.0 Å². The van der Waals surface area contributed by atoms with Crippen LogP contribution < -0.4 is 10.2 Å². The van der Waals surface area contributed by atoms with Gasteiger partial charge in [-0.2, -0.15) is 0 Å². The number of carbonyl (C=O) groups excluding carboxylic acids is 1. The molecule has 1 aromatic carbocycles. The summed E-state index contributed by atoms with van der Waals surface area (Å²) in [4.78, 5) is 14.5. The van der Waals surface area contributed by atoms with Crippen molar-refractivity contribution < 1.29 is 9.53 Å². The molecule has 0 bridgehead atoms. The highest BCUT2D eigenvalue weighted by atomic mass is 16.6.